The van der Waals surface area contributed by atoms with Crippen molar-refractivity contribution in [2.24, 2.45) is 0 Å². The molecule has 0 fully saturated rings. The van der Waals surface area contributed by atoms with Gasteiger partial charge in [-0.15, -0.1) is 11.3 Å². The first-order valence-corrected chi connectivity index (χ1v) is 28.7. The number of hydrogen-bond donors (Lipinski definition) is 0. The number of benzene rings is 12. The van der Waals surface area contributed by atoms with Gasteiger partial charge >= 0.3 is 0 Å². The zero-order valence-electron chi connectivity index (χ0n) is 38.0. The Hall–Kier alpha value is -7.93. The number of rotatable bonds is 9. The summed E-state index contributed by atoms with van der Waals surface area (Å²) in [6.07, 6.45) is 0. The van der Waals surface area contributed by atoms with Crippen molar-refractivity contribution in [2.75, 3.05) is 0 Å². The first-order valence-electron chi connectivity index (χ1n) is 23.9. The molecule has 13 rings (SSSR count). The van der Waals surface area contributed by atoms with Gasteiger partial charge in [0.05, 0.1) is 0 Å². The maximum atomic E-state index is 2.55. The summed E-state index contributed by atoms with van der Waals surface area (Å²) in [5, 5.41) is 21.4. The van der Waals surface area contributed by atoms with Gasteiger partial charge in [-0.3, -0.25) is 0 Å². The van der Waals surface area contributed by atoms with Crippen molar-refractivity contribution in [3.63, 3.8) is 0 Å². The minimum Gasteiger partial charge on any atom is -0.135 e. The van der Waals surface area contributed by atoms with E-state index >= 15 is 0 Å². The summed E-state index contributed by atoms with van der Waals surface area (Å²) in [7, 11) is -5.93. The molecule has 0 aliphatic heterocycles. The van der Waals surface area contributed by atoms with Crippen LogP contribution in [0.25, 0.3) is 63.6 Å². The molecule has 3 heteroatoms. The predicted molar refractivity (Wildman–Crippen MR) is 305 cm³/mol. The van der Waals surface area contributed by atoms with E-state index in [0.29, 0.717) is 0 Å². The lowest BCUT2D eigenvalue weighted by Crippen LogP contribution is -2.75. The van der Waals surface area contributed by atoms with Gasteiger partial charge in [-0.2, -0.15) is 0 Å². The van der Waals surface area contributed by atoms with Gasteiger partial charge in [-0.25, -0.2) is 0 Å². The van der Waals surface area contributed by atoms with Gasteiger partial charge in [0, 0.05) is 20.2 Å². The number of thiophene rings is 1. The van der Waals surface area contributed by atoms with Crippen LogP contribution in [-0.2, 0) is 0 Å². The van der Waals surface area contributed by atoms with Crippen LogP contribution in [-0.4, -0.2) is 16.1 Å². The second-order valence-corrected chi connectivity index (χ2v) is 26.9. The molecule has 69 heavy (non-hydrogen) atoms. The van der Waals surface area contributed by atoms with Crippen molar-refractivity contribution in [3.05, 3.63) is 279 Å². The van der Waals surface area contributed by atoms with E-state index in [9.17, 15) is 0 Å². The van der Waals surface area contributed by atoms with Gasteiger partial charge in [0.25, 0.3) is 0 Å². The Morgan fingerprint density at radius 1 is 0.217 bits per heavy atom. The van der Waals surface area contributed by atoms with Crippen LogP contribution < -0.4 is 41.5 Å². The van der Waals surface area contributed by atoms with Crippen LogP contribution >= 0.6 is 11.3 Å². The Morgan fingerprint density at radius 3 is 1.10 bits per heavy atom. The van der Waals surface area contributed by atoms with Crippen molar-refractivity contribution in [2.45, 2.75) is 0 Å². The molecule has 0 atom stereocenters. The first-order chi connectivity index (χ1) is 34.2. The molecule has 13 aromatic rings. The molecule has 0 unspecified atom stereocenters. The van der Waals surface area contributed by atoms with Crippen LogP contribution in [0.15, 0.2) is 279 Å². The standard InChI is InChI=1S/C66H46SSi2/c1-5-24-49(25-6-1)68(50-26-7-2-8-27-50,55-42-43-60-58-36-14-13-34-56(58)57-35-15-16-37-59(57)63(60)46-55)53-32-19-22-47(44-53)48-23-20-33-54(45-48)69(51-28-9-3-10-29-51,52-30-11-4-12-31-52)65-41-21-39-62-61-38-17-18-40-64(61)67-66(62)65/h1-46H. The minimum absolute atomic E-state index is 1.22. The molecule has 0 N–H and O–H groups in total. The Labute approximate surface area is 409 Å². The van der Waals surface area contributed by atoms with Crippen molar-refractivity contribution in [1.82, 2.24) is 0 Å². The summed E-state index contributed by atoms with van der Waals surface area (Å²) in [4.78, 5) is 0. The van der Waals surface area contributed by atoms with Crippen molar-refractivity contribution >= 4 is 121 Å². The minimum atomic E-state index is -2.98. The molecule has 1 aromatic heterocycles. The van der Waals surface area contributed by atoms with E-state index in [0.717, 1.165) is 0 Å². The second kappa shape index (κ2) is 17.0. The molecule has 324 valence electrons. The molecule has 0 aliphatic rings. The summed E-state index contributed by atoms with van der Waals surface area (Å²) in [6, 6.07) is 106. The molecule has 0 nitrogen and oxygen atoms in total. The maximum Gasteiger partial charge on any atom is 0.181 e. The molecular formula is C66H46SSi2. The van der Waals surface area contributed by atoms with E-state index in [-0.39, 0.29) is 0 Å². The molecule has 0 bridgehead atoms. The molecular weight excluding hydrogens is 881 g/mol. The quantitative estimate of drug-likeness (QED) is 0.0769. The highest BCUT2D eigenvalue weighted by Crippen LogP contribution is 2.36. The smallest absolute Gasteiger partial charge is 0.135 e. The van der Waals surface area contributed by atoms with Crippen molar-refractivity contribution < 1.29 is 0 Å². The summed E-state index contributed by atoms with van der Waals surface area (Å²) >= 11 is 1.94. The third kappa shape index (κ3) is 6.54. The van der Waals surface area contributed by atoms with Crippen molar-refractivity contribution in [3.8, 4) is 11.1 Å². The molecule has 12 aromatic carbocycles. The lowest BCUT2D eigenvalue weighted by Gasteiger charge is -2.35. The molecule has 0 radical (unpaired) electrons. The topological polar surface area (TPSA) is 0 Å². The molecule has 0 aliphatic carbocycles. The predicted octanol–water partition coefficient (Wildman–Crippen LogP) is 11.9. The van der Waals surface area contributed by atoms with Gasteiger partial charge in [-0.05, 0) is 91.0 Å². The summed E-state index contributed by atoms with van der Waals surface area (Å²) in [5.41, 5.74) is 2.45. The van der Waals surface area contributed by atoms with Crippen LogP contribution in [0, 0.1) is 0 Å². The second-order valence-electron chi connectivity index (χ2n) is 18.3. The van der Waals surface area contributed by atoms with Gasteiger partial charge in [0.2, 0.25) is 0 Å². The van der Waals surface area contributed by atoms with E-state index in [1.165, 1.54) is 105 Å². The zero-order valence-corrected chi connectivity index (χ0v) is 40.8. The van der Waals surface area contributed by atoms with Crippen molar-refractivity contribution in [1.29, 1.82) is 0 Å². The molecule has 0 spiro atoms. The number of hydrogen-bond acceptors (Lipinski definition) is 1. The fourth-order valence-electron chi connectivity index (χ4n) is 11.8. The highest BCUT2D eigenvalue weighted by atomic mass is 32.1. The third-order valence-electron chi connectivity index (χ3n) is 14.7. The first kappa shape index (κ1) is 41.3. The van der Waals surface area contributed by atoms with Crippen LogP contribution in [0.3, 0.4) is 0 Å². The SMILES string of the molecule is c1ccc([Si](c2ccccc2)(c2cccc(-c3cccc([Si](c4ccccc4)(c4ccccc4)c4cccc5c4sc4ccccc45)c3)c2)c2ccc3c4ccccc4c4ccccc4c3c2)cc1. The fourth-order valence-corrected chi connectivity index (χ4v) is 23.2. The summed E-state index contributed by atoms with van der Waals surface area (Å²) in [6.45, 7) is 0. The summed E-state index contributed by atoms with van der Waals surface area (Å²) in [5.74, 6) is 0. The largest absolute Gasteiger partial charge is 0.181 e. The zero-order chi connectivity index (χ0) is 45.8. The van der Waals surface area contributed by atoms with Crippen LogP contribution in [0.5, 0.6) is 0 Å². The highest BCUT2D eigenvalue weighted by Gasteiger charge is 2.44. The van der Waals surface area contributed by atoms with Gasteiger partial charge < -0.3 is 0 Å². The molecule has 0 amide bonds. The van der Waals surface area contributed by atoms with E-state index in [1.807, 2.05) is 11.3 Å². The molecule has 0 saturated carbocycles. The normalized spacial score (nSPS) is 12.1. The van der Waals surface area contributed by atoms with Gasteiger partial charge in [-0.1, -0.05) is 273 Å². The van der Waals surface area contributed by atoms with E-state index in [2.05, 4.69) is 279 Å². The van der Waals surface area contributed by atoms with Crippen LogP contribution in [0.4, 0.5) is 0 Å². The van der Waals surface area contributed by atoms with E-state index in [1.54, 1.807) is 0 Å². The lowest BCUT2D eigenvalue weighted by molar-refractivity contribution is 1.63. The molecule has 1 heterocycles. The fraction of sp³-hybridized carbons (Fsp3) is 0. The Kier molecular flexibility index (Phi) is 10.2. The third-order valence-corrected chi connectivity index (χ3v) is 25.7. The molecule has 0 saturated heterocycles. The average Bonchev–Trinajstić information content (AvgIpc) is 3.82. The van der Waals surface area contributed by atoms with Crippen LogP contribution in [0.2, 0.25) is 0 Å². The average molecular weight is 927 g/mol. The Bertz CT molecular complexity index is 3900. The Balaban J connectivity index is 1.07. The lowest BCUT2D eigenvalue weighted by atomic mass is 9.94. The maximum absolute atomic E-state index is 2.98. The highest BCUT2D eigenvalue weighted by molar-refractivity contribution is 7.30. The van der Waals surface area contributed by atoms with E-state index in [4.69, 9.17) is 0 Å². The van der Waals surface area contributed by atoms with Gasteiger partial charge in [0.15, 0.2) is 16.1 Å². The number of fused-ring (bicyclic) bond motifs is 9. The summed E-state index contributed by atoms with van der Waals surface area (Å²) < 4.78 is 2.70. The van der Waals surface area contributed by atoms with E-state index < -0.39 is 16.1 Å². The van der Waals surface area contributed by atoms with Gasteiger partial charge in [0.1, 0.15) is 0 Å². The Morgan fingerprint density at radius 2 is 0.580 bits per heavy atom. The van der Waals surface area contributed by atoms with Crippen LogP contribution in [0.1, 0.15) is 0 Å². The monoisotopic (exact) mass is 926 g/mol.